The minimum atomic E-state index is -3.44. The second-order valence-corrected chi connectivity index (χ2v) is 50.0. The molecule has 0 saturated heterocycles. The van der Waals surface area contributed by atoms with E-state index in [0.29, 0.717) is 65.4 Å². The molecule has 0 radical (unpaired) electrons. The highest BCUT2D eigenvalue weighted by Crippen LogP contribution is 2.41. The molecule has 12 heterocycles. The van der Waals surface area contributed by atoms with Crippen molar-refractivity contribution < 1.29 is 17.9 Å². The van der Waals surface area contributed by atoms with Crippen molar-refractivity contribution in [3.63, 3.8) is 0 Å². The largest absolute Gasteiger partial charge is 0.360 e. The second-order valence-electron chi connectivity index (χ2n) is 30.7. The van der Waals surface area contributed by atoms with E-state index in [9.17, 15) is 22.8 Å². The summed E-state index contributed by atoms with van der Waals surface area (Å²) in [4.78, 5) is 49.4. The van der Waals surface area contributed by atoms with Gasteiger partial charge in [-0.1, -0.05) is 178 Å². The molecule has 596 valence electrons. The first-order valence-corrected chi connectivity index (χ1v) is 52.0. The van der Waals surface area contributed by atoms with Gasteiger partial charge in [0.1, 0.15) is 30.0 Å². The van der Waals surface area contributed by atoms with Gasteiger partial charge in [0.05, 0.1) is 97.2 Å². The maximum Gasteiger partial charge on any atom is 0.291 e. The molecule has 6 aromatic carbocycles. The van der Waals surface area contributed by atoms with E-state index in [4.69, 9.17) is 14.5 Å². The average Bonchev–Trinajstić information content (AvgIpc) is 1.60. The zero-order valence-corrected chi connectivity index (χ0v) is 73.6. The maximum atomic E-state index is 13.7. The molecule has 0 aliphatic heterocycles. The van der Waals surface area contributed by atoms with Gasteiger partial charge in [-0.2, -0.15) is 43.2 Å². The van der Waals surface area contributed by atoms with Crippen LogP contribution < -0.4 is 16.7 Å². The fourth-order valence-electron chi connectivity index (χ4n) is 13.6. The lowest BCUT2D eigenvalue weighted by atomic mass is 10.1. The predicted molar refractivity (Wildman–Crippen MR) is 482 cm³/mol. The summed E-state index contributed by atoms with van der Waals surface area (Å²) in [5.41, 5.74) is 13.3. The summed E-state index contributed by atoms with van der Waals surface area (Å²) in [7, 11) is -0.139. The number of aryl methyl sites for hydroxylation is 3. The molecule has 0 aliphatic rings. The van der Waals surface area contributed by atoms with E-state index in [1.54, 1.807) is 75.5 Å². The van der Waals surface area contributed by atoms with Crippen LogP contribution in [0.25, 0.3) is 96.3 Å². The van der Waals surface area contributed by atoms with Crippen molar-refractivity contribution in [2.24, 2.45) is 21.1 Å². The molecule has 0 unspecified atom stereocenters. The predicted octanol–water partition coefficient (Wildman–Crippen LogP) is 17.1. The van der Waals surface area contributed by atoms with Crippen molar-refractivity contribution in [3.8, 4) is 0 Å². The Balaban J connectivity index is 0.000000131. The standard InChI is InChI=1S/C30H33N5O2S2Si.C23H28N6O4S2Si.C23H18N6OS2.C7H8S/c1-33-26-15-27(38-19-21-9-6-5-7-10-21)39-29(26)24-17-31-34(30(36)28(24)33)18-22-11-8-12-25-23(22)16-32-35(25)20-37-13-14-40(2,3)4;1-27-19-17(20-21(27)26-23(34-20)35(2,31)32)12-24-28(22(19)30)13-15-7-6-8-18-16(15)11-25-29(18)14-33-9-10-36(3,4)5;1-28-19-17(20-21(28)26-23(32-20)31-13-14-6-3-2-4-7-14)11-25-29(22(19)30)12-15-8-5-9-18-16(15)10-24-27-18;8-6-7-4-2-1-3-5-7/h5-12,15-17H,13-14,18-20H2,1-4H3;6-8,11-12H,9-10,13-14H2,1-5H3;2-11H,12-13H2,1H3,(H,24,27);1-5,8H,6H2. The lowest BCUT2D eigenvalue weighted by molar-refractivity contribution is 0.0816. The zero-order valence-electron chi connectivity index (χ0n) is 65.8. The second kappa shape index (κ2) is 34.7. The van der Waals surface area contributed by atoms with E-state index in [1.165, 1.54) is 30.3 Å². The molecule has 0 fully saturated rings. The van der Waals surface area contributed by atoms with Crippen LogP contribution in [0.2, 0.25) is 51.4 Å². The van der Waals surface area contributed by atoms with Crippen LogP contribution in [0.15, 0.2) is 216 Å². The van der Waals surface area contributed by atoms with Crippen molar-refractivity contribution in [1.82, 2.24) is 82.8 Å². The number of hydrogen-bond acceptors (Lipinski definition) is 21. The lowest BCUT2D eigenvalue weighted by Crippen LogP contribution is -2.24. The van der Waals surface area contributed by atoms with Crippen LogP contribution in [0, 0.1) is 0 Å². The summed E-state index contributed by atoms with van der Waals surface area (Å²) in [6.45, 7) is 17.3. The number of hydrogen-bond donors (Lipinski definition) is 2. The van der Waals surface area contributed by atoms with Crippen LogP contribution in [0.3, 0.4) is 0 Å². The van der Waals surface area contributed by atoms with Gasteiger partial charge in [-0.05, 0) is 69.7 Å². The van der Waals surface area contributed by atoms with Gasteiger partial charge < -0.3 is 23.2 Å². The van der Waals surface area contributed by atoms with Crippen molar-refractivity contribution >= 4 is 192 Å². The molecule has 0 atom stereocenters. The smallest absolute Gasteiger partial charge is 0.291 e. The van der Waals surface area contributed by atoms with Crippen LogP contribution in [0.1, 0.15) is 33.4 Å². The molecule has 116 heavy (non-hydrogen) atoms. The number of thiol groups is 1. The number of fused-ring (bicyclic) bond motifs is 12. The van der Waals surface area contributed by atoms with Crippen molar-refractivity contribution in [2.45, 2.75) is 115 Å². The molecule has 0 aliphatic carbocycles. The summed E-state index contributed by atoms with van der Waals surface area (Å²) < 4.78 is 54.5. The topological polar surface area (TPSA) is 262 Å². The molecule has 12 aromatic heterocycles. The van der Waals surface area contributed by atoms with Gasteiger partial charge >= 0.3 is 0 Å². The summed E-state index contributed by atoms with van der Waals surface area (Å²) in [5, 5.41) is 35.0. The minimum absolute atomic E-state index is 0.0299. The maximum absolute atomic E-state index is 13.7. The van der Waals surface area contributed by atoms with Crippen LogP contribution in [0.4, 0.5) is 0 Å². The minimum Gasteiger partial charge on any atom is -0.360 e. The number of rotatable bonds is 24. The number of aromatic amines is 1. The van der Waals surface area contributed by atoms with Crippen molar-refractivity contribution in [3.05, 3.63) is 253 Å². The Kier molecular flexibility index (Phi) is 24.3. The first-order valence-electron chi connectivity index (χ1n) is 37.6. The highest BCUT2D eigenvalue weighted by Gasteiger charge is 2.25. The first-order chi connectivity index (χ1) is 55.8. The van der Waals surface area contributed by atoms with Crippen LogP contribution >= 0.6 is 70.2 Å². The van der Waals surface area contributed by atoms with Gasteiger partial charge in [0.25, 0.3) is 16.7 Å². The Morgan fingerprint density at radius 3 is 1.37 bits per heavy atom. The molecular weight excluding hydrogens is 1630 g/mol. The van der Waals surface area contributed by atoms with Gasteiger partial charge in [0.2, 0.25) is 14.2 Å². The third-order valence-corrected chi connectivity index (χ3v) is 31.2. The number of benzene rings is 6. The van der Waals surface area contributed by atoms with Gasteiger partial charge in [0.15, 0.2) is 15.6 Å². The van der Waals surface area contributed by atoms with Gasteiger partial charge in [-0.25, -0.2) is 41.8 Å². The number of sulfone groups is 1. The highest BCUT2D eigenvalue weighted by atomic mass is 32.2. The fourth-order valence-corrected chi connectivity index (χ4v) is 21.7. The van der Waals surface area contributed by atoms with Crippen LogP contribution in [0.5, 0.6) is 0 Å². The first kappa shape index (κ1) is 81.2. The number of aromatic nitrogens is 17. The molecular formula is C83H87N17O7S7Si2. The van der Waals surface area contributed by atoms with E-state index < -0.39 is 26.0 Å². The molecule has 18 rings (SSSR count). The number of ether oxygens (including phenoxy) is 2. The molecule has 1 N–H and O–H groups in total. The summed E-state index contributed by atoms with van der Waals surface area (Å²) in [6, 6.07) is 53.3. The van der Waals surface area contributed by atoms with E-state index in [1.807, 2.05) is 154 Å². The number of H-pyrrole nitrogens is 1. The molecule has 0 amide bonds. The van der Waals surface area contributed by atoms with Crippen molar-refractivity contribution in [1.29, 1.82) is 0 Å². The molecule has 0 saturated carbocycles. The normalized spacial score (nSPS) is 12.1. The van der Waals surface area contributed by atoms with Crippen LogP contribution in [-0.4, -0.2) is 127 Å². The molecule has 0 spiro atoms. The molecule has 24 nitrogen and oxygen atoms in total. The Hall–Kier alpha value is -9.92. The third-order valence-electron chi connectivity index (χ3n) is 19.9. The number of thioether (sulfide) groups is 2. The summed E-state index contributed by atoms with van der Waals surface area (Å²) in [5.74, 6) is 2.62. The third kappa shape index (κ3) is 17.8. The van der Waals surface area contributed by atoms with Crippen LogP contribution in [-0.2, 0) is 90.8 Å². The van der Waals surface area contributed by atoms with Gasteiger partial charge in [-0.3, -0.25) is 19.5 Å². The van der Waals surface area contributed by atoms with Crippen molar-refractivity contribution in [2.75, 3.05) is 19.5 Å². The number of thiazole rings is 2. The summed E-state index contributed by atoms with van der Waals surface area (Å²) in [6.07, 6.45) is 11.8. The number of thiophene rings is 1. The highest BCUT2D eigenvalue weighted by molar-refractivity contribution is 8.00. The quantitative estimate of drug-likeness (QED) is 0.0246. The Bertz CT molecular complexity index is 6910. The molecule has 0 bridgehead atoms. The zero-order chi connectivity index (χ0) is 81.2. The van der Waals surface area contributed by atoms with E-state index >= 15 is 0 Å². The SMILES string of the molecule is Cn1c2cc(SCc3ccccc3)sc2c2cnn(Cc3cccc4c3cnn4COCC[Si](C)(C)C)c(=O)c21.Cn1c2nc(S(C)(=O)=O)sc2c2cnn(Cc3cccc4c3cnn4COCC[Si](C)(C)C)c(=O)c21.Cn1c2nc(SCc3ccccc3)sc2c2cnn(Cc3cccc4[nH]ncc34)c(=O)c21.SCc1ccccc1. The number of nitrogens with one attached hydrogen (secondary N) is 1. The fraction of sp³-hybridized carbons (Fsp3) is 0.265. The molecule has 33 heteroatoms. The Morgan fingerprint density at radius 2 is 0.888 bits per heavy atom. The van der Waals surface area contributed by atoms with Gasteiger partial charge in [0, 0.05) is 106 Å². The number of nitrogens with zero attached hydrogens (tertiary/aromatic N) is 16. The Labute approximate surface area is 696 Å². The van der Waals surface area contributed by atoms with E-state index in [-0.39, 0.29) is 27.6 Å². The average molecular weight is 1720 g/mol. The van der Waals surface area contributed by atoms with E-state index in [0.717, 1.165) is 139 Å². The van der Waals surface area contributed by atoms with E-state index in [2.05, 4.69) is 147 Å². The lowest BCUT2D eigenvalue weighted by Gasteiger charge is -2.15. The van der Waals surface area contributed by atoms with Gasteiger partial charge in [-0.15, -0.1) is 45.8 Å². The summed E-state index contributed by atoms with van der Waals surface area (Å²) >= 11 is 12.1. The molecule has 18 aromatic rings. The monoisotopic (exact) mass is 1710 g/mol. The Morgan fingerprint density at radius 1 is 0.457 bits per heavy atom.